The molecular formula is C22H22FN5O3S. The summed E-state index contributed by atoms with van der Waals surface area (Å²) >= 11 is 0. The van der Waals surface area contributed by atoms with Crippen molar-refractivity contribution in [2.75, 3.05) is 31.9 Å². The standard InChI is InChI=1S/C22H22FN5O3S/c1-15(29)27-8-10-28(11-9-27)32(30,31)21-5-3-2-4-17(21)16-6-7-18(19(23)12-16)20-13-26-22(24)14-25-20/h2-7,12-14H,8-11H2,1H3,(H2,24,26). The fourth-order valence-corrected chi connectivity index (χ4v) is 5.32. The van der Waals surface area contributed by atoms with Gasteiger partial charge in [0.15, 0.2) is 0 Å². The summed E-state index contributed by atoms with van der Waals surface area (Å²) in [5.74, 6) is -0.401. The number of halogens is 1. The maximum atomic E-state index is 14.9. The first-order valence-electron chi connectivity index (χ1n) is 10.00. The van der Waals surface area contributed by atoms with Crippen LogP contribution in [0.3, 0.4) is 0 Å². The molecule has 32 heavy (non-hydrogen) atoms. The van der Waals surface area contributed by atoms with Crippen LogP contribution in [0, 0.1) is 5.82 Å². The van der Waals surface area contributed by atoms with Crippen molar-refractivity contribution in [2.45, 2.75) is 11.8 Å². The Labute approximate surface area is 185 Å². The number of aromatic nitrogens is 2. The van der Waals surface area contributed by atoms with Gasteiger partial charge in [0.05, 0.1) is 23.0 Å². The highest BCUT2D eigenvalue weighted by molar-refractivity contribution is 7.89. The number of nitrogens with zero attached hydrogens (tertiary/aromatic N) is 4. The van der Waals surface area contributed by atoms with Gasteiger partial charge in [0.2, 0.25) is 15.9 Å². The van der Waals surface area contributed by atoms with Gasteiger partial charge >= 0.3 is 0 Å². The van der Waals surface area contributed by atoms with Crippen LogP contribution in [-0.4, -0.2) is 59.7 Å². The van der Waals surface area contributed by atoms with Gasteiger partial charge in [-0.25, -0.2) is 17.8 Å². The van der Waals surface area contributed by atoms with Crippen LogP contribution >= 0.6 is 0 Å². The molecule has 1 fully saturated rings. The average Bonchev–Trinajstić information content (AvgIpc) is 2.80. The smallest absolute Gasteiger partial charge is 0.243 e. The summed E-state index contributed by atoms with van der Waals surface area (Å²) in [5.41, 5.74) is 6.93. The van der Waals surface area contributed by atoms with Crippen LogP contribution in [0.4, 0.5) is 10.2 Å². The van der Waals surface area contributed by atoms with Gasteiger partial charge in [0.1, 0.15) is 11.6 Å². The molecule has 0 spiro atoms. The highest BCUT2D eigenvalue weighted by Gasteiger charge is 2.31. The Morgan fingerprint density at radius 2 is 1.72 bits per heavy atom. The average molecular weight is 456 g/mol. The van der Waals surface area contributed by atoms with E-state index < -0.39 is 15.8 Å². The number of amides is 1. The second kappa shape index (κ2) is 8.64. The zero-order chi connectivity index (χ0) is 22.9. The summed E-state index contributed by atoms with van der Waals surface area (Å²) < 4.78 is 43.0. The van der Waals surface area contributed by atoms with E-state index in [1.807, 2.05) is 0 Å². The number of piperazine rings is 1. The fourth-order valence-electron chi connectivity index (χ4n) is 3.68. The molecule has 0 saturated carbocycles. The van der Waals surface area contributed by atoms with Crippen molar-refractivity contribution in [3.8, 4) is 22.4 Å². The lowest BCUT2D eigenvalue weighted by atomic mass is 10.0. The lowest BCUT2D eigenvalue weighted by Gasteiger charge is -2.33. The van der Waals surface area contributed by atoms with Crippen LogP contribution in [0.5, 0.6) is 0 Å². The van der Waals surface area contributed by atoms with Crippen molar-refractivity contribution in [3.05, 3.63) is 60.7 Å². The number of hydrogen-bond donors (Lipinski definition) is 1. The normalized spacial score (nSPS) is 15.0. The first-order valence-corrected chi connectivity index (χ1v) is 11.4. The summed E-state index contributed by atoms with van der Waals surface area (Å²) in [5, 5.41) is 0. The van der Waals surface area contributed by atoms with Gasteiger partial charge in [0.25, 0.3) is 0 Å². The molecule has 2 aromatic carbocycles. The van der Waals surface area contributed by atoms with Crippen molar-refractivity contribution >= 4 is 21.7 Å². The Balaban J connectivity index is 1.67. The minimum absolute atomic E-state index is 0.0798. The third-order valence-electron chi connectivity index (χ3n) is 5.42. The minimum atomic E-state index is -3.83. The molecule has 0 aliphatic carbocycles. The Morgan fingerprint density at radius 1 is 1.00 bits per heavy atom. The number of carbonyl (C=O) groups excluding carboxylic acids is 1. The summed E-state index contributed by atoms with van der Waals surface area (Å²) in [7, 11) is -3.83. The van der Waals surface area contributed by atoms with E-state index in [2.05, 4.69) is 9.97 Å². The third kappa shape index (κ3) is 4.19. The molecular weight excluding hydrogens is 433 g/mol. The van der Waals surface area contributed by atoms with Gasteiger partial charge in [-0.15, -0.1) is 0 Å². The molecule has 2 N–H and O–H groups in total. The quantitative estimate of drug-likeness (QED) is 0.647. The number of nitrogens with two attached hydrogens (primary N) is 1. The van der Waals surface area contributed by atoms with Crippen molar-refractivity contribution in [1.29, 1.82) is 0 Å². The Hall–Kier alpha value is -3.37. The number of rotatable bonds is 4. The van der Waals surface area contributed by atoms with Gasteiger partial charge in [-0.1, -0.05) is 24.3 Å². The van der Waals surface area contributed by atoms with Gasteiger partial charge in [0, 0.05) is 44.2 Å². The molecule has 0 bridgehead atoms. The van der Waals surface area contributed by atoms with E-state index in [1.54, 1.807) is 35.2 Å². The number of hydrogen-bond acceptors (Lipinski definition) is 6. The zero-order valence-electron chi connectivity index (χ0n) is 17.4. The number of benzene rings is 2. The molecule has 0 unspecified atom stereocenters. The van der Waals surface area contributed by atoms with Crippen LogP contribution in [0.2, 0.25) is 0 Å². The minimum Gasteiger partial charge on any atom is -0.382 e. The SMILES string of the molecule is CC(=O)N1CCN(S(=O)(=O)c2ccccc2-c2ccc(-c3cnc(N)cn3)c(F)c2)CC1. The molecule has 0 atom stereocenters. The van der Waals surface area contributed by atoms with Crippen LogP contribution in [-0.2, 0) is 14.8 Å². The molecule has 10 heteroatoms. The van der Waals surface area contributed by atoms with Crippen molar-refractivity contribution in [1.82, 2.24) is 19.2 Å². The summed E-state index contributed by atoms with van der Waals surface area (Å²) in [6.45, 7) is 2.55. The van der Waals surface area contributed by atoms with Gasteiger partial charge < -0.3 is 10.6 Å². The third-order valence-corrected chi connectivity index (χ3v) is 7.37. The summed E-state index contributed by atoms with van der Waals surface area (Å²) in [4.78, 5) is 21.3. The second-order valence-corrected chi connectivity index (χ2v) is 9.33. The molecule has 0 radical (unpaired) electrons. The lowest BCUT2D eigenvalue weighted by molar-refractivity contribution is -0.129. The number of nitrogen functional groups attached to an aromatic ring is 1. The molecule has 8 nitrogen and oxygen atoms in total. The van der Waals surface area contributed by atoms with Crippen molar-refractivity contribution < 1.29 is 17.6 Å². The van der Waals surface area contributed by atoms with Gasteiger partial charge in [-0.3, -0.25) is 9.78 Å². The zero-order valence-corrected chi connectivity index (χ0v) is 18.2. The first-order chi connectivity index (χ1) is 15.3. The van der Waals surface area contributed by atoms with Crippen LogP contribution in [0.1, 0.15) is 6.92 Å². The molecule has 1 saturated heterocycles. The predicted octanol–water partition coefficient (Wildman–Crippen LogP) is 2.38. The summed E-state index contributed by atoms with van der Waals surface area (Å²) in [6.07, 6.45) is 2.73. The molecule has 2 heterocycles. The monoisotopic (exact) mass is 455 g/mol. The van der Waals surface area contributed by atoms with E-state index in [0.29, 0.717) is 29.9 Å². The molecule has 166 valence electrons. The number of sulfonamides is 1. The maximum Gasteiger partial charge on any atom is 0.243 e. The van der Waals surface area contributed by atoms with Gasteiger partial charge in [-0.05, 0) is 23.8 Å². The fraction of sp³-hybridized carbons (Fsp3) is 0.227. The van der Waals surface area contributed by atoms with Crippen LogP contribution in [0.15, 0.2) is 59.8 Å². The highest BCUT2D eigenvalue weighted by atomic mass is 32.2. The highest BCUT2D eigenvalue weighted by Crippen LogP contribution is 2.32. The Bertz CT molecular complexity index is 1260. The van der Waals surface area contributed by atoms with E-state index in [4.69, 9.17) is 5.73 Å². The Morgan fingerprint density at radius 3 is 2.34 bits per heavy atom. The van der Waals surface area contributed by atoms with E-state index >= 15 is 0 Å². The van der Waals surface area contributed by atoms with Crippen LogP contribution in [0.25, 0.3) is 22.4 Å². The molecule has 3 aromatic rings. The van der Waals surface area contributed by atoms with E-state index in [0.717, 1.165) is 0 Å². The summed E-state index contributed by atoms with van der Waals surface area (Å²) in [6, 6.07) is 11.0. The predicted molar refractivity (Wildman–Crippen MR) is 118 cm³/mol. The van der Waals surface area contributed by atoms with Crippen molar-refractivity contribution in [3.63, 3.8) is 0 Å². The maximum absolute atomic E-state index is 14.9. The van der Waals surface area contributed by atoms with E-state index in [-0.39, 0.29) is 35.3 Å². The first kappa shape index (κ1) is 21.8. The van der Waals surface area contributed by atoms with E-state index in [9.17, 15) is 17.6 Å². The van der Waals surface area contributed by atoms with E-state index in [1.165, 1.54) is 35.8 Å². The molecule has 1 aliphatic rings. The van der Waals surface area contributed by atoms with Crippen LogP contribution < -0.4 is 5.73 Å². The topological polar surface area (TPSA) is 109 Å². The molecule has 1 amide bonds. The Kier molecular flexibility index (Phi) is 5.90. The molecule has 4 rings (SSSR count). The number of carbonyl (C=O) groups is 1. The van der Waals surface area contributed by atoms with Crippen molar-refractivity contribution in [2.24, 2.45) is 0 Å². The lowest BCUT2D eigenvalue weighted by Crippen LogP contribution is -2.50. The second-order valence-electron chi connectivity index (χ2n) is 7.43. The molecule has 1 aromatic heterocycles. The van der Waals surface area contributed by atoms with Gasteiger partial charge in [-0.2, -0.15) is 4.31 Å². The number of anilines is 1. The molecule has 1 aliphatic heterocycles. The largest absolute Gasteiger partial charge is 0.382 e.